The van der Waals surface area contributed by atoms with Crippen molar-refractivity contribution in [2.75, 3.05) is 24.8 Å². The molecule has 1 aliphatic rings. The van der Waals surface area contributed by atoms with Crippen molar-refractivity contribution in [1.29, 1.82) is 0 Å². The fraction of sp³-hybridized carbons (Fsp3) is 0.889. The molecule has 0 spiro atoms. The quantitative estimate of drug-likeness (QED) is 0.739. The van der Waals surface area contributed by atoms with E-state index in [9.17, 15) is 13.2 Å². The lowest BCUT2D eigenvalue weighted by Crippen LogP contribution is -2.37. The van der Waals surface area contributed by atoms with Gasteiger partial charge in [-0.05, 0) is 19.3 Å². The topological polar surface area (TPSA) is 66.5 Å². The Balaban J connectivity index is 2.24. The second kappa shape index (κ2) is 6.42. The summed E-state index contributed by atoms with van der Waals surface area (Å²) in [6.45, 7) is 1.71. The molecule has 1 heterocycles. The third kappa shape index (κ3) is 4.67. The number of halogens is 1. The summed E-state index contributed by atoms with van der Waals surface area (Å²) in [6, 6.07) is 0. The van der Waals surface area contributed by atoms with E-state index in [4.69, 9.17) is 11.6 Å². The molecule has 1 amide bonds. The average molecular weight is 269 g/mol. The number of nitrogens with one attached hydrogen (secondary N) is 1. The molecule has 0 aromatic heterocycles. The minimum atomic E-state index is -3.40. The molecule has 1 saturated heterocycles. The Bertz CT molecular complexity index is 326. The molecule has 0 aliphatic carbocycles. The minimum Gasteiger partial charge on any atom is -0.343 e. The summed E-state index contributed by atoms with van der Waals surface area (Å²) in [5, 5.41) is -0.467. The number of carbonyl (C=O) groups is 1. The zero-order valence-corrected chi connectivity index (χ0v) is 10.7. The van der Waals surface area contributed by atoms with Gasteiger partial charge in [-0.1, -0.05) is 0 Å². The Morgan fingerprint density at radius 1 is 1.25 bits per heavy atom. The van der Waals surface area contributed by atoms with Gasteiger partial charge in [-0.3, -0.25) is 4.79 Å². The van der Waals surface area contributed by atoms with Crippen LogP contribution in [0.15, 0.2) is 0 Å². The maximum atomic E-state index is 11.6. The molecule has 0 bridgehead atoms. The first-order valence-corrected chi connectivity index (χ1v) is 7.55. The van der Waals surface area contributed by atoms with E-state index in [0.717, 1.165) is 25.9 Å². The largest absolute Gasteiger partial charge is 0.343 e. The van der Waals surface area contributed by atoms with Gasteiger partial charge in [-0.2, -0.15) is 0 Å². The van der Waals surface area contributed by atoms with Crippen LogP contribution in [-0.2, 0) is 14.8 Å². The molecule has 16 heavy (non-hydrogen) atoms. The number of rotatable bonds is 5. The zero-order chi connectivity index (χ0) is 12.0. The number of carbonyl (C=O) groups excluding carboxylic acids is 1. The van der Waals surface area contributed by atoms with E-state index in [1.165, 1.54) is 6.42 Å². The highest BCUT2D eigenvalue weighted by Crippen LogP contribution is 2.09. The van der Waals surface area contributed by atoms with Crippen LogP contribution < -0.4 is 4.72 Å². The SMILES string of the molecule is O=C(CCNS(=O)(=O)CCl)N1CCCCC1. The van der Waals surface area contributed by atoms with E-state index < -0.39 is 15.2 Å². The molecule has 1 rings (SSSR count). The van der Waals surface area contributed by atoms with Crippen molar-refractivity contribution in [2.45, 2.75) is 25.7 Å². The zero-order valence-electron chi connectivity index (χ0n) is 9.12. The van der Waals surface area contributed by atoms with Gasteiger partial charge in [-0.15, -0.1) is 11.6 Å². The van der Waals surface area contributed by atoms with Crippen LogP contribution in [0.1, 0.15) is 25.7 Å². The smallest absolute Gasteiger partial charge is 0.225 e. The number of hydrogen-bond acceptors (Lipinski definition) is 3. The van der Waals surface area contributed by atoms with Crippen LogP contribution in [-0.4, -0.2) is 44.1 Å². The number of sulfonamides is 1. The number of nitrogens with zero attached hydrogens (tertiary/aromatic N) is 1. The normalized spacial score (nSPS) is 17.4. The molecule has 5 nitrogen and oxygen atoms in total. The molecule has 94 valence electrons. The second-order valence-corrected chi connectivity index (χ2v) is 6.20. The van der Waals surface area contributed by atoms with Gasteiger partial charge in [-0.25, -0.2) is 13.1 Å². The Hall–Kier alpha value is -0.330. The number of hydrogen-bond donors (Lipinski definition) is 1. The van der Waals surface area contributed by atoms with Crippen molar-refractivity contribution in [3.05, 3.63) is 0 Å². The maximum absolute atomic E-state index is 11.6. The predicted molar refractivity (Wildman–Crippen MR) is 62.7 cm³/mol. The van der Waals surface area contributed by atoms with Crippen molar-refractivity contribution in [3.63, 3.8) is 0 Å². The maximum Gasteiger partial charge on any atom is 0.225 e. The third-order valence-electron chi connectivity index (χ3n) is 2.51. The van der Waals surface area contributed by atoms with Gasteiger partial charge in [0.25, 0.3) is 0 Å². The van der Waals surface area contributed by atoms with Crippen LogP contribution in [0.2, 0.25) is 0 Å². The molecule has 7 heteroatoms. The number of amides is 1. The highest BCUT2D eigenvalue weighted by molar-refractivity contribution is 7.90. The first kappa shape index (κ1) is 13.7. The monoisotopic (exact) mass is 268 g/mol. The van der Waals surface area contributed by atoms with Gasteiger partial charge < -0.3 is 4.90 Å². The van der Waals surface area contributed by atoms with Crippen LogP contribution in [0.3, 0.4) is 0 Å². The van der Waals surface area contributed by atoms with E-state index in [1.807, 2.05) is 0 Å². The van der Waals surface area contributed by atoms with Crippen molar-refractivity contribution in [2.24, 2.45) is 0 Å². The first-order chi connectivity index (χ1) is 7.55. The van der Waals surface area contributed by atoms with Crippen LogP contribution in [0.25, 0.3) is 0 Å². The number of likely N-dealkylation sites (tertiary alicyclic amines) is 1. The summed E-state index contributed by atoms with van der Waals surface area (Å²) in [4.78, 5) is 13.4. The Morgan fingerprint density at radius 3 is 2.44 bits per heavy atom. The molecule has 0 atom stereocenters. The Labute approximate surface area is 101 Å². The highest BCUT2D eigenvalue weighted by atomic mass is 35.5. The standard InChI is InChI=1S/C9H17ClN2O3S/c10-8-16(14,15)11-5-4-9(13)12-6-2-1-3-7-12/h11H,1-8H2. The molecule has 1 N–H and O–H groups in total. The lowest BCUT2D eigenvalue weighted by atomic mass is 10.1. The molecule has 0 aromatic carbocycles. The van der Waals surface area contributed by atoms with E-state index in [1.54, 1.807) is 4.90 Å². The summed E-state index contributed by atoms with van der Waals surface area (Å²) in [5.41, 5.74) is 0. The second-order valence-electron chi connectivity index (χ2n) is 3.81. The molecule has 0 saturated carbocycles. The highest BCUT2D eigenvalue weighted by Gasteiger charge is 2.16. The van der Waals surface area contributed by atoms with E-state index in [-0.39, 0.29) is 18.9 Å². The summed E-state index contributed by atoms with van der Waals surface area (Å²) >= 11 is 5.21. The summed E-state index contributed by atoms with van der Waals surface area (Å²) < 4.78 is 24.2. The Kier molecular flexibility index (Phi) is 5.51. The Morgan fingerprint density at radius 2 is 1.88 bits per heavy atom. The molecule has 1 fully saturated rings. The van der Waals surface area contributed by atoms with Gasteiger partial charge in [0.05, 0.1) is 0 Å². The lowest BCUT2D eigenvalue weighted by molar-refractivity contribution is -0.131. The van der Waals surface area contributed by atoms with E-state index >= 15 is 0 Å². The molecular formula is C9H17ClN2O3S. The van der Waals surface area contributed by atoms with Crippen molar-refractivity contribution >= 4 is 27.5 Å². The molecular weight excluding hydrogens is 252 g/mol. The summed E-state index contributed by atoms with van der Waals surface area (Å²) in [7, 11) is -3.40. The predicted octanol–water partition coefficient (Wildman–Crippen LogP) is 0.505. The minimum absolute atomic E-state index is 0.0111. The fourth-order valence-corrected chi connectivity index (χ4v) is 2.38. The van der Waals surface area contributed by atoms with Gasteiger partial charge in [0.15, 0.2) is 0 Å². The molecule has 1 aliphatic heterocycles. The molecule has 0 radical (unpaired) electrons. The number of piperidine rings is 1. The van der Waals surface area contributed by atoms with E-state index in [2.05, 4.69) is 4.72 Å². The van der Waals surface area contributed by atoms with Crippen molar-refractivity contribution in [1.82, 2.24) is 9.62 Å². The molecule has 0 unspecified atom stereocenters. The van der Waals surface area contributed by atoms with Gasteiger partial charge >= 0.3 is 0 Å². The summed E-state index contributed by atoms with van der Waals surface area (Å²) in [5.74, 6) is 0.0111. The van der Waals surface area contributed by atoms with Gasteiger partial charge in [0.2, 0.25) is 15.9 Å². The average Bonchev–Trinajstić information content (AvgIpc) is 2.30. The first-order valence-electron chi connectivity index (χ1n) is 5.36. The summed E-state index contributed by atoms with van der Waals surface area (Å²) in [6.07, 6.45) is 3.46. The lowest BCUT2D eigenvalue weighted by Gasteiger charge is -2.26. The fourth-order valence-electron chi connectivity index (χ4n) is 1.65. The third-order valence-corrected chi connectivity index (χ3v) is 4.31. The van der Waals surface area contributed by atoms with E-state index in [0.29, 0.717) is 0 Å². The van der Waals surface area contributed by atoms with Gasteiger partial charge in [0, 0.05) is 26.1 Å². The van der Waals surface area contributed by atoms with Crippen LogP contribution in [0.4, 0.5) is 0 Å². The van der Waals surface area contributed by atoms with Crippen molar-refractivity contribution in [3.8, 4) is 0 Å². The number of alkyl halides is 1. The van der Waals surface area contributed by atoms with Crippen molar-refractivity contribution < 1.29 is 13.2 Å². The molecule has 0 aromatic rings. The van der Waals surface area contributed by atoms with Crippen LogP contribution in [0.5, 0.6) is 0 Å². The van der Waals surface area contributed by atoms with Gasteiger partial charge in [0.1, 0.15) is 5.21 Å². The van der Waals surface area contributed by atoms with Crippen LogP contribution >= 0.6 is 11.6 Å². The van der Waals surface area contributed by atoms with Crippen LogP contribution in [0, 0.1) is 0 Å².